The van der Waals surface area contributed by atoms with E-state index >= 15 is 0 Å². The average molecular weight is 356 g/mol. The number of benzene rings is 2. The molecular weight excluding hydrogens is 335 g/mol. The summed E-state index contributed by atoms with van der Waals surface area (Å²) in [5.74, 6) is -0.584. The number of nitrogens with zero attached hydrogens (tertiary/aromatic N) is 2. The van der Waals surface area contributed by atoms with Gasteiger partial charge >= 0.3 is 0 Å². The first-order valence-electron chi connectivity index (χ1n) is 8.42. The van der Waals surface area contributed by atoms with Crippen molar-refractivity contribution in [3.63, 3.8) is 0 Å². The summed E-state index contributed by atoms with van der Waals surface area (Å²) in [4.78, 5) is 28.4. The van der Waals surface area contributed by atoms with Crippen molar-refractivity contribution in [2.75, 3.05) is 25.1 Å². The lowest BCUT2D eigenvalue weighted by atomic mass is 10.1. The zero-order valence-corrected chi connectivity index (χ0v) is 15.0. The highest BCUT2D eigenvalue weighted by Crippen LogP contribution is 2.25. The number of methoxy groups -OCH3 is 1. The first-order valence-corrected chi connectivity index (χ1v) is 8.42. The van der Waals surface area contributed by atoms with E-state index in [0.29, 0.717) is 12.3 Å². The lowest BCUT2D eigenvalue weighted by Gasteiger charge is -2.39. The Morgan fingerprint density at radius 1 is 1.23 bits per heavy atom. The number of carbonyl (C=O) groups excluding carboxylic acids is 2. The van der Waals surface area contributed by atoms with E-state index in [1.165, 1.54) is 17.0 Å². The minimum atomic E-state index is -0.565. The van der Waals surface area contributed by atoms with Gasteiger partial charge in [-0.15, -0.1) is 0 Å². The van der Waals surface area contributed by atoms with E-state index in [1.54, 1.807) is 37.1 Å². The van der Waals surface area contributed by atoms with E-state index in [-0.39, 0.29) is 24.1 Å². The zero-order valence-electron chi connectivity index (χ0n) is 15.0. The van der Waals surface area contributed by atoms with Gasteiger partial charge in [-0.25, -0.2) is 4.39 Å². The Labute approximate surface area is 152 Å². The molecule has 1 unspecified atom stereocenters. The number of hydrogen-bond donors (Lipinski definition) is 0. The Morgan fingerprint density at radius 3 is 2.69 bits per heavy atom. The number of halogens is 1. The molecule has 3 rings (SSSR count). The first kappa shape index (κ1) is 17.9. The average Bonchev–Trinajstić information content (AvgIpc) is 2.63. The molecule has 6 heteroatoms. The predicted molar refractivity (Wildman–Crippen MR) is 97.0 cm³/mol. The van der Waals surface area contributed by atoms with Crippen molar-refractivity contribution < 1.29 is 18.7 Å². The van der Waals surface area contributed by atoms with Crippen LogP contribution in [-0.4, -0.2) is 43.0 Å². The molecule has 2 aromatic rings. The number of ether oxygens (including phenoxy) is 1. The lowest BCUT2D eigenvalue weighted by Crippen LogP contribution is -2.57. The molecule has 1 atom stereocenters. The van der Waals surface area contributed by atoms with E-state index in [0.717, 1.165) is 11.3 Å². The topological polar surface area (TPSA) is 49.9 Å². The number of rotatable bonds is 3. The molecule has 0 aromatic heterocycles. The van der Waals surface area contributed by atoms with Crippen LogP contribution in [0.5, 0.6) is 5.75 Å². The number of piperazine rings is 1. The molecule has 0 aliphatic carbocycles. The van der Waals surface area contributed by atoms with Crippen molar-refractivity contribution in [1.29, 1.82) is 0 Å². The fourth-order valence-corrected chi connectivity index (χ4v) is 3.10. The fourth-order valence-electron chi connectivity index (χ4n) is 3.10. The molecule has 0 radical (unpaired) electrons. The van der Waals surface area contributed by atoms with Gasteiger partial charge in [-0.1, -0.05) is 12.1 Å². The van der Waals surface area contributed by atoms with E-state index in [2.05, 4.69) is 0 Å². The first-order chi connectivity index (χ1) is 12.4. The summed E-state index contributed by atoms with van der Waals surface area (Å²) in [6, 6.07) is 11.5. The van der Waals surface area contributed by atoms with Crippen LogP contribution in [0.15, 0.2) is 42.5 Å². The van der Waals surface area contributed by atoms with Gasteiger partial charge in [-0.3, -0.25) is 9.59 Å². The molecule has 5 nitrogen and oxygen atoms in total. The highest BCUT2D eigenvalue weighted by molar-refractivity contribution is 6.02. The second-order valence-electron chi connectivity index (χ2n) is 6.47. The molecule has 0 saturated carbocycles. The van der Waals surface area contributed by atoms with Crippen LogP contribution in [-0.2, 0) is 4.79 Å². The summed E-state index contributed by atoms with van der Waals surface area (Å²) in [5.41, 5.74) is 1.45. The van der Waals surface area contributed by atoms with Gasteiger partial charge in [-0.05, 0) is 43.7 Å². The molecule has 1 heterocycles. The van der Waals surface area contributed by atoms with Gasteiger partial charge in [0.1, 0.15) is 18.1 Å². The maximum Gasteiger partial charge on any atom is 0.257 e. The van der Waals surface area contributed by atoms with Crippen LogP contribution < -0.4 is 9.64 Å². The predicted octanol–water partition coefficient (Wildman–Crippen LogP) is 3.02. The Morgan fingerprint density at radius 2 is 2.00 bits per heavy atom. The van der Waals surface area contributed by atoms with Crippen molar-refractivity contribution in [1.82, 2.24) is 4.90 Å². The largest absolute Gasteiger partial charge is 0.497 e. The molecule has 1 fully saturated rings. The van der Waals surface area contributed by atoms with Crippen molar-refractivity contribution in [3.05, 3.63) is 59.4 Å². The molecule has 136 valence electrons. The Balaban J connectivity index is 1.81. The summed E-state index contributed by atoms with van der Waals surface area (Å²) < 4.78 is 19.4. The quantitative estimate of drug-likeness (QED) is 0.849. The second-order valence-corrected chi connectivity index (χ2v) is 6.47. The number of anilines is 1. The maximum absolute atomic E-state index is 14.1. The summed E-state index contributed by atoms with van der Waals surface area (Å²) in [5, 5.41) is 0. The molecule has 2 amide bonds. The minimum absolute atomic E-state index is 0.00918. The van der Waals surface area contributed by atoms with Crippen LogP contribution in [0.2, 0.25) is 0 Å². The minimum Gasteiger partial charge on any atom is -0.497 e. The Bertz CT molecular complexity index is 853. The molecular formula is C20H21FN2O3. The highest BCUT2D eigenvalue weighted by atomic mass is 19.1. The number of carbonyl (C=O) groups is 2. The van der Waals surface area contributed by atoms with Gasteiger partial charge < -0.3 is 14.5 Å². The SMILES string of the molecule is COc1cccc(N2CC(C)N(C(=O)c3ccc(C)cc3F)CC2=O)c1. The van der Waals surface area contributed by atoms with Crippen molar-refractivity contribution >= 4 is 17.5 Å². The molecule has 2 aromatic carbocycles. The third-order valence-corrected chi connectivity index (χ3v) is 4.57. The van der Waals surface area contributed by atoms with Crippen LogP contribution >= 0.6 is 0 Å². The highest BCUT2D eigenvalue weighted by Gasteiger charge is 2.34. The Kier molecular flexibility index (Phi) is 4.93. The molecule has 0 spiro atoms. The van der Waals surface area contributed by atoms with Gasteiger partial charge in [0.15, 0.2) is 0 Å². The normalized spacial score (nSPS) is 17.4. The summed E-state index contributed by atoms with van der Waals surface area (Å²) in [6.45, 7) is 3.86. The van der Waals surface area contributed by atoms with E-state index < -0.39 is 11.7 Å². The van der Waals surface area contributed by atoms with Crippen LogP contribution in [0.4, 0.5) is 10.1 Å². The van der Waals surface area contributed by atoms with E-state index in [4.69, 9.17) is 4.74 Å². The maximum atomic E-state index is 14.1. The molecule has 1 aliphatic rings. The van der Waals surface area contributed by atoms with Gasteiger partial charge in [-0.2, -0.15) is 0 Å². The molecule has 1 saturated heterocycles. The summed E-state index contributed by atoms with van der Waals surface area (Å²) in [6.07, 6.45) is 0. The monoisotopic (exact) mass is 356 g/mol. The number of hydrogen-bond acceptors (Lipinski definition) is 3. The van der Waals surface area contributed by atoms with Gasteiger partial charge in [0, 0.05) is 24.3 Å². The second kappa shape index (κ2) is 7.15. The third kappa shape index (κ3) is 3.40. The van der Waals surface area contributed by atoms with Crippen molar-refractivity contribution in [2.24, 2.45) is 0 Å². The van der Waals surface area contributed by atoms with Crippen LogP contribution in [0.25, 0.3) is 0 Å². The molecule has 0 N–H and O–H groups in total. The van der Waals surface area contributed by atoms with Gasteiger partial charge in [0.05, 0.1) is 12.7 Å². The van der Waals surface area contributed by atoms with Crippen LogP contribution in [0.3, 0.4) is 0 Å². The number of amides is 2. The van der Waals surface area contributed by atoms with Gasteiger partial charge in [0.25, 0.3) is 5.91 Å². The number of aryl methyl sites for hydroxylation is 1. The standard InChI is InChI=1S/C20H21FN2O3/c1-13-7-8-17(18(21)9-13)20(25)22-12-19(24)23(11-14(22)2)15-5-4-6-16(10-15)26-3/h4-10,14H,11-12H2,1-3H3. The van der Waals surface area contributed by atoms with Crippen molar-refractivity contribution in [3.8, 4) is 5.75 Å². The smallest absolute Gasteiger partial charge is 0.257 e. The van der Waals surface area contributed by atoms with Gasteiger partial charge in [0.2, 0.25) is 5.91 Å². The lowest BCUT2D eigenvalue weighted by molar-refractivity contribution is -0.121. The summed E-state index contributed by atoms with van der Waals surface area (Å²) >= 11 is 0. The van der Waals surface area contributed by atoms with E-state index in [1.807, 2.05) is 19.1 Å². The third-order valence-electron chi connectivity index (χ3n) is 4.57. The molecule has 0 bridgehead atoms. The molecule has 26 heavy (non-hydrogen) atoms. The van der Waals surface area contributed by atoms with Crippen molar-refractivity contribution in [2.45, 2.75) is 19.9 Å². The Hall–Kier alpha value is -2.89. The summed E-state index contributed by atoms with van der Waals surface area (Å²) in [7, 11) is 1.57. The van der Waals surface area contributed by atoms with Crippen LogP contribution in [0.1, 0.15) is 22.8 Å². The van der Waals surface area contributed by atoms with E-state index in [9.17, 15) is 14.0 Å². The fraction of sp³-hybridized carbons (Fsp3) is 0.300. The van der Waals surface area contributed by atoms with Crippen LogP contribution in [0, 0.1) is 12.7 Å². The molecule has 1 aliphatic heterocycles. The zero-order chi connectivity index (χ0) is 18.8.